The number of hydrogen-bond acceptors (Lipinski definition) is 4. The van der Waals surface area contributed by atoms with E-state index in [1.165, 1.54) is 10.4 Å². The molecule has 0 bridgehead atoms. The predicted molar refractivity (Wildman–Crippen MR) is 69.4 cm³/mol. The molecule has 1 fully saturated rings. The molecule has 1 heterocycles. The van der Waals surface area contributed by atoms with E-state index in [4.69, 9.17) is 5.73 Å². The lowest BCUT2D eigenvalue weighted by molar-refractivity contribution is -0.0932. The van der Waals surface area contributed by atoms with Gasteiger partial charge in [0.1, 0.15) is 5.82 Å². The summed E-state index contributed by atoms with van der Waals surface area (Å²) in [6.45, 7) is 3.76. The second-order valence-corrected chi connectivity index (χ2v) is 7.15. The number of anilines is 1. The molecule has 106 valence electrons. The highest BCUT2D eigenvalue weighted by molar-refractivity contribution is 7.89. The third kappa shape index (κ3) is 2.33. The fourth-order valence-corrected chi connectivity index (χ4v) is 3.53. The van der Waals surface area contributed by atoms with Crippen LogP contribution in [0.1, 0.15) is 13.8 Å². The standard InChI is InChI=1S/C12H17FN2O3S/c1-8(2)12(16)6-15(7-12)19(17,18)9-3-4-10(13)11(14)5-9/h3-5,8,16H,6-7,14H2,1-2H3. The number of nitrogen functional groups attached to an aromatic ring is 1. The summed E-state index contributed by atoms with van der Waals surface area (Å²) in [6, 6.07) is 3.29. The zero-order valence-corrected chi connectivity index (χ0v) is 11.6. The number of β-amino-alcohol motifs (C(OH)–C–C–N with tert-alkyl or cyclic N) is 1. The normalized spacial score (nSPS) is 19.4. The molecule has 0 spiro atoms. The van der Waals surface area contributed by atoms with Gasteiger partial charge in [0, 0.05) is 13.1 Å². The number of hydrogen-bond donors (Lipinski definition) is 2. The van der Waals surface area contributed by atoms with Crippen molar-refractivity contribution in [2.45, 2.75) is 24.3 Å². The first-order valence-electron chi connectivity index (χ1n) is 5.94. The van der Waals surface area contributed by atoms with Gasteiger partial charge in [-0.05, 0) is 24.1 Å². The molecular formula is C12H17FN2O3S. The average molecular weight is 288 g/mol. The van der Waals surface area contributed by atoms with Gasteiger partial charge < -0.3 is 10.8 Å². The molecule has 0 amide bonds. The van der Waals surface area contributed by atoms with Crippen LogP contribution in [0.4, 0.5) is 10.1 Å². The van der Waals surface area contributed by atoms with Gasteiger partial charge in [0.15, 0.2) is 0 Å². The minimum Gasteiger partial charge on any atom is -0.396 e. The van der Waals surface area contributed by atoms with Gasteiger partial charge in [-0.25, -0.2) is 12.8 Å². The van der Waals surface area contributed by atoms with Crippen molar-refractivity contribution in [3.8, 4) is 0 Å². The molecule has 0 aliphatic carbocycles. The van der Waals surface area contributed by atoms with E-state index in [1.807, 2.05) is 13.8 Å². The Morgan fingerprint density at radius 2 is 2.00 bits per heavy atom. The van der Waals surface area contributed by atoms with Crippen LogP contribution in [0.2, 0.25) is 0 Å². The molecule has 2 rings (SSSR count). The molecule has 0 saturated carbocycles. The summed E-state index contributed by atoms with van der Waals surface area (Å²) in [4.78, 5) is -0.0581. The van der Waals surface area contributed by atoms with Crippen molar-refractivity contribution in [3.05, 3.63) is 24.0 Å². The fraction of sp³-hybridized carbons (Fsp3) is 0.500. The van der Waals surface area contributed by atoms with E-state index in [-0.39, 0.29) is 29.6 Å². The molecule has 1 saturated heterocycles. The van der Waals surface area contributed by atoms with Gasteiger partial charge >= 0.3 is 0 Å². The van der Waals surface area contributed by atoms with Gasteiger partial charge in [0.2, 0.25) is 10.0 Å². The number of nitrogens with zero attached hydrogens (tertiary/aromatic N) is 1. The minimum absolute atomic E-state index is 0.0303. The lowest BCUT2D eigenvalue weighted by atomic mass is 9.85. The number of halogens is 1. The van der Waals surface area contributed by atoms with E-state index in [2.05, 4.69) is 0 Å². The van der Waals surface area contributed by atoms with Crippen LogP contribution in [0, 0.1) is 11.7 Å². The van der Waals surface area contributed by atoms with Crippen molar-refractivity contribution in [1.82, 2.24) is 4.31 Å². The van der Waals surface area contributed by atoms with E-state index in [0.29, 0.717) is 0 Å². The van der Waals surface area contributed by atoms with Crippen LogP contribution < -0.4 is 5.73 Å². The molecule has 7 heteroatoms. The van der Waals surface area contributed by atoms with Gasteiger partial charge in [-0.15, -0.1) is 0 Å². The first-order chi connectivity index (χ1) is 8.67. The van der Waals surface area contributed by atoms with Gasteiger partial charge in [-0.1, -0.05) is 13.8 Å². The van der Waals surface area contributed by atoms with Crippen molar-refractivity contribution in [3.63, 3.8) is 0 Å². The first kappa shape index (κ1) is 14.2. The van der Waals surface area contributed by atoms with Gasteiger partial charge in [0.05, 0.1) is 16.2 Å². The number of benzene rings is 1. The van der Waals surface area contributed by atoms with Crippen molar-refractivity contribution in [1.29, 1.82) is 0 Å². The van der Waals surface area contributed by atoms with Crippen LogP contribution in [0.25, 0.3) is 0 Å². The highest BCUT2D eigenvalue weighted by Crippen LogP contribution is 2.33. The maximum Gasteiger partial charge on any atom is 0.243 e. The van der Waals surface area contributed by atoms with Crippen LogP contribution in [0.5, 0.6) is 0 Å². The largest absolute Gasteiger partial charge is 0.396 e. The maximum atomic E-state index is 13.0. The third-order valence-corrected chi connectivity index (χ3v) is 5.37. The van der Waals surface area contributed by atoms with Crippen LogP contribution >= 0.6 is 0 Å². The summed E-state index contributed by atoms with van der Waals surface area (Å²) in [5.41, 5.74) is 4.18. The highest BCUT2D eigenvalue weighted by Gasteiger charge is 2.49. The maximum absolute atomic E-state index is 13.0. The Morgan fingerprint density at radius 3 is 2.47 bits per heavy atom. The zero-order chi connectivity index (χ0) is 14.4. The summed E-state index contributed by atoms with van der Waals surface area (Å²) in [5.74, 6) is -0.682. The van der Waals surface area contributed by atoms with E-state index in [9.17, 15) is 17.9 Å². The van der Waals surface area contributed by atoms with Gasteiger partial charge in [-0.3, -0.25) is 0 Å². The van der Waals surface area contributed by atoms with Crippen LogP contribution in [0.15, 0.2) is 23.1 Å². The zero-order valence-electron chi connectivity index (χ0n) is 10.8. The van der Waals surface area contributed by atoms with E-state index >= 15 is 0 Å². The summed E-state index contributed by atoms with van der Waals surface area (Å²) in [5, 5.41) is 10.1. The second kappa shape index (κ2) is 4.43. The first-order valence-corrected chi connectivity index (χ1v) is 7.38. The highest BCUT2D eigenvalue weighted by atomic mass is 32.2. The third-order valence-electron chi connectivity index (χ3n) is 3.58. The smallest absolute Gasteiger partial charge is 0.243 e. The van der Waals surface area contributed by atoms with E-state index in [0.717, 1.165) is 12.1 Å². The monoisotopic (exact) mass is 288 g/mol. The summed E-state index contributed by atoms with van der Waals surface area (Å²) in [6.07, 6.45) is 0. The Kier molecular flexibility index (Phi) is 3.32. The molecule has 0 radical (unpaired) electrons. The lowest BCUT2D eigenvalue weighted by Gasteiger charge is -2.47. The predicted octanol–water partition coefficient (Wildman–Crippen LogP) is 0.799. The summed E-state index contributed by atoms with van der Waals surface area (Å²) < 4.78 is 38.7. The van der Waals surface area contributed by atoms with E-state index in [1.54, 1.807) is 0 Å². The molecule has 19 heavy (non-hydrogen) atoms. The van der Waals surface area contributed by atoms with Crippen LogP contribution in [-0.2, 0) is 10.0 Å². The van der Waals surface area contributed by atoms with Gasteiger partial charge in [-0.2, -0.15) is 4.31 Å². The molecule has 1 aromatic rings. The Hall–Kier alpha value is -1.18. The molecule has 0 atom stereocenters. The second-order valence-electron chi connectivity index (χ2n) is 5.21. The topological polar surface area (TPSA) is 83.6 Å². The van der Waals surface area contributed by atoms with Crippen molar-refractivity contribution >= 4 is 15.7 Å². The molecule has 1 aromatic carbocycles. The average Bonchev–Trinajstić information content (AvgIpc) is 2.27. The molecular weight excluding hydrogens is 271 g/mol. The number of aliphatic hydroxyl groups is 1. The Bertz CT molecular complexity index is 595. The number of sulfonamides is 1. The number of nitrogens with two attached hydrogens (primary N) is 1. The van der Waals surface area contributed by atoms with Crippen molar-refractivity contribution in [2.75, 3.05) is 18.8 Å². The SMILES string of the molecule is CC(C)C1(O)CN(S(=O)(=O)c2ccc(F)c(N)c2)C1. The van der Waals surface area contributed by atoms with Gasteiger partial charge in [0.25, 0.3) is 0 Å². The van der Waals surface area contributed by atoms with Crippen molar-refractivity contribution in [2.24, 2.45) is 5.92 Å². The number of rotatable bonds is 3. The minimum atomic E-state index is -3.72. The summed E-state index contributed by atoms with van der Waals surface area (Å²) >= 11 is 0. The molecule has 1 aliphatic heterocycles. The Labute approximate surface area is 111 Å². The lowest BCUT2D eigenvalue weighted by Crippen LogP contribution is -2.65. The van der Waals surface area contributed by atoms with E-state index < -0.39 is 21.4 Å². The molecule has 0 unspecified atom stereocenters. The molecule has 5 nitrogen and oxygen atoms in total. The Morgan fingerprint density at radius 1 is 1.42 bits per heavy atom. The Balaban J connectivity index is 2.23. The van der Waals surface area contributed by atoms with Crippen molar-refractivity contribution < 1.29 is 17.9 Å². The molecule has 0 aromatic heterocycles. The molecule has 1 aliphatic rings. The molecule has 3 N–H and O–H groups in total. The quantitative estimate of drug-likeness (QED) is 0.806. The van der Waals surface area contributed by atoms with Crippen LogP contribution in [-0.4, -0.2) is 36.5 Å². The van der Waals surface area contributed by atoms with Crippen LogP contribution in [0.3, 0.4) is 0 Å². The summed E-state index contributed by atoms with van der Waals surface area (Å²) in [7, 11) is -3.72. The fourth-order valence-electron chi connectivity index (χ4n) is 1.93.